The van der Waals surface area contributed by atoms with Crippen molar-refractivity contribution in [2.24, 2.45) is 0 Å². The molecular weight excluding hydrogens is 456 g/mol. The predicted molar refractivity (Wildman–Crippen MR) is 137 cm³/mol. The highest BCUT2D eigenvalue weighted by atomic mass is 16.5. The SMILES string of the molecule is CCOC(=O)c1ccc(NC(=O)C[C@@H]2C(=O)N(CCc3ccccc3)c3nc4ccccc4n32)cc1. The summed E-state index contributed by atoms with van der Waals surface area (Å²) < 4.78 is 6.86. The number of nitrogens with one attached hydrogen (secondary N) is 1. The first-order valence-corrected chi connectivity index (χ1v) is 11.9. The Morgan fingerprint density at radius 3 is 2.44 bits per heavy atom. The molecule has 8 heteroatoms. The molecule has 1 atom stereocenters. The number of para-hydroxylation sites is 2. The standard InChI is InChI=1S/C28H26N4O4/c1-2-36-27(35)20-12-14-21(15-13-20)29-25(33)18-24-26(34)31(17-16-19-8-4-3-5-9-19)28-30-22-10-6-7-11-23(22)32(24)28/h3-15,24H,2,16-18H2,1H3,(H,29,33)/t24-/m1/s1. The van der Waals surface area contributed by atoms with Gasteiger partial charge in [-0.3, -0.25) is 19.1 Å². The van der Waals surface area contributed by atoms with Gasteiger partial charge in [0.15, 0.2) is 0 Å². The lowest BCUT2D eigenvalue weighted by Gasteiger charge is -2.16. The Bertz CT molecular complexity index is 1410. The van der Waals surface area contributed by atoms with Gasteiger partial charge in [-0.15, -0.1) is 0 Å². The Morgan fingerprint density at radius 2 is 1.69 bits per heavy atom. The number of esters is 1. The highest BCUT2D eigenvalue weighted by Crippen LogP contribution is 2.36. The van der Waals surface area contributed by atoms with Crippen LogP contribution in [-0.2, 0) is 20.7 Å². The van der Waals surface area contributed by atoms with Gasteiger partial charge >= 0.3 is 5.97 Å². The van der Waals surface area contributed by atoms with Crippen molar-refractivity contribution in [3.63, 3.8) is 0 Å². The molecule has 0 radical (unpaired) electrons. The normalized spacial score (nSPS) is 14.6. The second-order valence-corrected chi connectivity index (χ2v) is 8.56. The van der Waals surface area contributed by atoms with Crippen LogP contribution in [0.5, 0.6) is 0 Å². The van der Waals surface area contributed by atoms with E-state index < -0.39 is 12.0 Å². The zero-order valence-corrected chi connectivity index (χ0v) is 19.9. The number of rotatable bonds is 8. The van der Waals surface area contributed by atoms with Crippen molar-refractivity contribution < 1.29 is 19.1 Å². The van der Waals surface area contributed by atoms with Gasteiger partial charge in [-0.2, -0.15) is 0 Å². The summed E-state index contributed by atoms with van der Waals surface area (Å²) in [6, 6.07) is 23.4. The van der Waals surface area contributed by atoms with Crippen LogP contribution in [0.25, 0.3) is 11.0 Å². The van der Waals surface area contributed by atoms with Crippen molar-refractivity contribution in [2.75, 3.05) is 23.4 Å². The molecule has 0 saturated carbocycles. The molecule has 8 nitrogen and oxygen atoms in total. The zero-order valence-electron chi connectivity index (χ0n) is 19.9. The van der Waals surface area contributed by atoms with Gasteiger partial charge in [-0.05, 0) is 55.3 Å². The van der Waals surface area contributed by atoms with E-state index in [1.54, 1.807) is 36.1 Å². The van der Waals surface area contributed by atoms with Crippen molar-refractivity contribution in [3.05, 3.63) is 90.0 Å². The average molecular weight is 483 g/mol. The Labute approximate surface area is 208 Å². The average Bonchev–Trinajstić information content (AvgIpc) is 3.38. The quantitative estimate of drug-likeness (QED) is 0.377. The van der Waals surface area contributed by atoms with E-state index in [1.807, 2.05) is 59.2 Å². The monoisotopic (exact) mass is 482 g/mol. The number of hydrogen-bond acceptors (Lipinski definition) is 5. The number of hydrogen-bond donors (Lipinski definition) is 1. The number of ether oxygens (including phenoxy) is 1. The van der Waals surface area contributed by atoms with Gasteiger partial charge < -0.3 is 10.1 Å². The lowest BCUT2D eigenvalue weighted by atomic mass is 10.1. The first-order chi connectivity index (χ1) is 17.5. The fraction of sp³-hybridized carbons (Fsp3) is 0.214. The van der Waals surface area contributed by atoms with Gasteiger partial charge in [-0.1, -0.05) is 42.5 Å². The molecule has 2 amide bonds. The van der Waals surface area contributed by atoms with Crippen LogP contribution >= 0.6 is 0 Å². The molecule has 4 aromatic rings. The highest BCUT2D eigenvalue weighted by Gasteiger charge is 2.40. The number of benzene rings is 3. The molecule has 36 heavy (non-hydrogen) atoms. The molecule has 0 spiro atoms. The number of carbonyl (C=O) groups excluding carboxylic acids is 3. The summed E-state index contributed by atoms with van der Waals surface area (Å²) >= 11 is 0. The van der Waals surface area contributed by atoms with Crippen molar-refractivity contribution in [3.8, 4) is 0 Å². The number of anilines is 2. The Hall–Kier alpha value is -4.46. The molecule has 5 rings (SSSR count). The maximum absolute atomic E-state index is 13.5. The van der Waals surface area contributed by atoms with E-state index in [2.05, 4.69) is 5.32 Å². The Morgan fingerprint density at radius 1 is 0.972 bits per heavy atom. The number of fused-ring (bicyclic) bond motifs is 3. The molecule has 0 saturated heterocycles. The third kappa shape index (κ3) is 4.57. The Kier molecular flexibility index (Phi) is 6.49. The van der Waals surface area contributed by atoms with Crippen LogP contribution < -0.4 is 10.2 Å². The molecule has 0 aliphatic carbocycles. The van der Waals surface area contributed by atoms with Crippen LogP contribution in [0.3, 0.4) is 0 Å². The zero-order chi connectivity index (χ0) is 25.1. The largest absolute Gasteiger partial charge is 0.462 e. The Balaban J connectivity index is 1.35. The van der Waals surface area contributed by atoms with Crippen LogP contribution in [0, 0.1) is 0 Å². The molecule has 1 aromatic heterocycles. The second kappa shape index (κ2) is 10.0. The van der Waals surface area contributed by atoms with E-state index >= 15 is 0 Å². The van der Waals surface area contributed by atoms with E-state index in [-0.39, 0.29) is 18.2 Å². The molecular formula is C28H26N4O4. The maximum Gasteiger partial charge on any atom is 0.338 e. The van der Waals surface area contributed by atoms with Crippen LogP contribution in [-0.4, -0.2) is 40.5 Å². The van der Waals surface area contributed by atoms with E-state index in [0.717, 1.165) is 16.6 Å². The topological polar surface area (TPSA) is 93.5 Å². The second-order valence-electron chi connectivity index (χ2n) is 8.56. The fourth-order valence-electron chi connectivity index (χ4n) is 4.48. The molecule has 182 valence electrons. The van der Waals surface area contributed by atoms with Gasteiger partial charge in [0.2, 0.25) is 11.9 Å². The third-order valence-electron chi connectivity index (χ3n) is 6.21. The lowest BCUT2D eigenvalue weighted by Crippen LogP contribution is -2.33. The van der Waals surface area contributed by atoms with Crippen molar-refractivity contribution >= 4 is 40.5 Å². The van der Waals surface area contributed by atoms with Crippen molar-refractivity contribution in [2.45, 2.75) is 25.8 Å². The number of carbonyl (C=O) groups is 3. The van der Waals surface area contributed by atoms with Gasteiger partial charge in [0.05, 0.1) is 29.6 Å². The molecule has 0 bridgehead atoms. The fourth-order valence-corrected chi connectivity index (χ4v) is 4.48. The maximum atomic E-state index is 13.5. The van der Waals surface area contributed by atoms with E-state index in [1.165, 1.54) is 0 Å². The van der Waals surface area contributed by atoms with Crippen molar-refractivity contribution in [1.29, 1.82) is 0 Å². The number of nitrogens with zero attached hydrogens (tertiary/aromatic N) is 3. The van der Waals surface area contributed by atoms with Gasteiger partial charge in [-0.25, -0.2) is 9.78 Å². The number of aromatic nitrogens is 2. The van der Waals surface area contributed by atoms with Crippen LogP contribution in [0.15, 0.2) is 78.9 Å². The predicted octanol–water partition coefficient (Wildman–Crippen LogP) is 4.37. The van der Waals surface area contributed by atoms with Gasteiger partial charge in [0.25, 0.3) is 5.91 Å². The summed E-state index contributed by atoms with van der Waals surface area (Å²) in [6.07, 6.45) is 0.648. The first-order valence-electron chi connectivity index (χ1n) is 11.9. The smallest absolute Gasteiger partial charge is 0.338 e. The summed E-state index contributed by atoms with van der Waals surface area (Å²) in [5, 5.41) is 2.84. The summed E-state index contributed by atoms with van der Waals surface area (Å²) in [7, 11) is 0. The minimum Gasteiger partial charge on any atom is -0.462 e. The summed E-state index contributed by atoms with van der Waals surface area (Å²) in [6.45, 7) is 2.51. The minimum atomic E-state index is -0.693. The third-order valence-corrected chi connectivity index (χ3v) is 6.21. The van der Waals surface area contributed by atoms with Gasteiger partial charge in [0, 0.05) is 12.2 Å². The molecule has 2 heterocycles. The van der Waals surface area contributed by atoms with Crippen molar-refractivity contribution in [1.82, 2.24) is 9.55 Å². The van der Waals surface area contributed by atoms with Crippen LogP contribution in [0.1, 0.15) is 35.3 Å². The van der Waals surface area contributed by atoms with Crippen LogP contribution in [0.4, 0.5) is 11.6 Å². The highest BCUT2D eigenvalue weighted by molar-refractivity contribution is 6.05. The summed E-state index contributed by atoms with van der Waals surface area (Å²) in [4.78, 5) is 44.7. The minimum absolute atomic E-state index is 0.0341. The molecule has 1 aliphatic rings. The molecule has 1 N–H and O–H groups in total. The van der Waals surface area contributed by atoms with E-state index in [0.29, 0.717) is 36.8 Å². The lowest BCUT2D eigenvalue weighted by molar-refractivity contribution is -0.124. The van der Waals surface area contributed by atoms with E-state index in [4.69, 9.17) is 9.72 Å². The molecule has 0 unspecified atom stereocenters. The molecule has 1 aliphatic heterocycles. The summed E-state index contributed by atoms with van der Waals surface area (Å²) in [5.74, 6) is -0.298. The number of amides is 2. The summed E-state index contributed by atoms with van der Waals surface area (Å²) in [5.41, 5.74) is 3.67. The number of imidazole rings is 1. The first kappa shape index (κ1) is 23.3. The van der Waals surface area contributed by atoms with E-state index in [9.17, 15) is 14.4 Å². The molecule has 3 aromatic carbocycles. The molecule has 0 fully saturated rings. The van der Waals surface area contributed by atoms with Gasteiger partial charge in [0.1, 0.15) is 6.04 Å². The van der Waals surface area contributed by atoms with Crippen LogP contribution in [0.2, 0.25) is 0 Å².